The number of piperazine rings is 1. The quantitative estimate of drug-likeness (QED) is 0.390. The number of aromatic nitrogens is 3. The van der Waals surface area contributed by atoms with Gasteiger partial charge in [0.2, 0.25) is 5.88 Å². The zero-order valence-corrected chi connectivity index (χ0v) is 19.0. The SMILES string of the molecule is COc1cc(N2CCNCC2)ccc1Nc1nc(Oc2ccccc2C#N)cc2cn[nH]c(=O)c12. The highest BCUT2D eigenvalue weighted by atomic mass is 16.5. The molecule has 5 rings (SSSR count). The number of hydrogen-bond donors (Lipinski definition) is 3. The first-order chi connectivity index (χ1) is 17.2. The second-order valence-corrected chi connectivity index (χ2v) is 7.93. The standard InChI is InChI=1S/C25H23N7O3/c1-34-21-13-18(32-10-8-27-9-11-32)6-7-19(21)29-24-23-17(15-28-31-25(23)33)12-22(30-24)35-20-5-3-2-4-16(20)14-26/h2-7,12-13,15,27H,8-11H2,1H3,(H,29,30)(H,31,33). The highest BCUT2D eigenvalue weighted by Gasteiger charge is 2.17. The molecule has 0 spiro atoms. The Morgan fingerprint density at radius 3 is 2.74 bits per heavy atom. The Balaban J connectivity index is 1.54. The second kappa shape index (κ2) is 9.70. The number of hydrogen-bond acceptors (Lipinski definition) is 9. The van der Waals surface area contributed by atoms with Crippen LogP contribution in [0.4, 0.5) is 17.2 Å². The molecule has 1 fully saturated rings. The summed E-state index contributed by atoms with van der Waals surface area (Å²) < 4.78 is 11.6. The molecule has 3 N–H and O–H groups in total. The molecule has 10 nitrogen and oxygen atoms in total. The fourth-order valence-corrected chi connectivity index (χ4v) is 4.03. The number of fused-ring (bicyclic) bond motifs is 1. The first-order valence-corrected chi connectivity index (χ1v) is 11.1. The van der Waals surface area contributed by atoms with Gasteiger partial charge in [0.25, 0.3) is 5.56 Å². The maximum atomic E-state index is 12.6. The number of pyridine rings is 1. The number of rotatable bonds is 6. The van der Waals surface area contributed by atoms with Crippen molar-refractivity contribution in [3.63, 3.8) is 0 Å². The number of aromatic amines is 1. The van der Waals surface area contributed by atoms with Gasteiger partial charge >= 0.3 is 0 Å². The maximum absolute atomic E-state index is 12.6. The van der Waals surface area contributed by atoms with Crippen molar-refractivity contribution in [2.45, 2.75) is 0 Å². The third kappa shape index (κ3) is 4.58. The molecule has 4 aromatic rings. The van der Waals surface area contributed by atoms with Gasteiger partial charge in [-0.3, -0.25) is 4.79 Å². The van der Waals surface area contributed by atoms with E-state index in [4.69, 9.17) is 9.47 Å². The van der Waals surface area contributed by atoms with E-state index >= 15 is 0 Å². The van der Waals surface area contributed by atoms with Gasteiger partial charge in [0, 0.05) is 49.4 Å². The van der Waals surface area contributed by atoms with E-state index in [0.717, 1.165) is 31.9 Å². The molecule has 2 aromatic carbocycles. The molecule has 0 atom stereocenters. The predicted octanol–water partition coefficient (Wildman–Crippen LogP) is 3.14. The van der Waals surface area contributed by atoms with Crippen molar-refractivity contribution in [3.05, 3.63) is 70.6 Å². The molecule has 176 valence electrons. The first kappa shape index (κ1) is 22.2. The van der Waals surface area contributed by atoms with Crippen molar-refractivity contribution in [3.8, 4) is 23.4 Å². The molecule has 0 radical (unpaired) electrons. The minimum Gasteiger partial charge on any atom is -0.494 e. The van der Waals surface area contributed by atoms with Crippen LogP contribution in [-0.4, -0.2) is 48.5 Å². The smallest absolute Gasteiger partial charge is 0.275 e. The van der Waals surface area contributed by atoms with Crippen LogP contribution in [0, 0.1) is 11.3 Å². The van der Waals surface area contributed by atoms with Crippen LogP contribution >= 0.6 is 0 Å². The molecule has 0 unspecified atom stereocenters. The largest absolute Gasteiger partial charge is 0.494 e. The van der Waals surface area contributed by atoms with Gasteiger partial charge in [0.05, 0.1) is 29.9 Å². The molecule has 10 heteroatoms. The molecule has 35 heavy (non-hydrogen) atoms. The first-order valence-electron chi connectivity index (χ1n) is 11.1. The molecule has 1 aliphatic rings. The van der Waals surface area contributed by atoms with E-state index in [0.29, 0.717) is 33.5 Å². The third-order valence-electron chi connectivity index (χ3n) is 5.77. The fraction of sp³-hybridized carbons (Fsp3) is 0.200. The topological polar surface area (TPSA) is 128 Å². The lowest BCUT2D eigenvalue weighted by molar-refractivity contribution is 0.416. The van der Waals surface area contributed by atoms with Gasteiger partial charge < -0.3 is 25.0 Å². The number of nitrogens with zero attached hydrogens (tertiary/aromatic N) is 4. The number of nitrogens with one attached hydrogen (secondary N) is 3. The average molecular weight is 470 g/mol. The van der Waals surface area contributed by atoms with E-state index in [2.05, 4.69) is 36.8 Å². The number of H-pyrrole nitrogens is 1. The minimum atomic E-state index is -0.391. The van der Waals surface area contributed by atoms with Crippen molar-refractivity contribution in [2.24, 2.45) is 0 Å². The molecule has 0 bridgehead atoms. The van der Waals surface area contributed by atoms with Gasteiger partial charge in [-0.25, -0.2) is 5.10 Å². The Labute approximate surface area is 201 Å². The Hall–Kier alpha value is -4.62. The summed E-state index contributed by atoms with van der Waals surface area (Å²) in [5.74, 6) is 1.47. The van der Waals surface area contributed by atoms with Crippen molar-refractivity contribution >= 4 is 28.0 Å². The summed E-state index contributed by atoms with van der Waals surface area (Å²) in [7, 11) is 1.60. The van der Waals surface area contributed by atoms with Gasteiger partial charge in [0.15, 0.2) is 0 Å². The minimum absolute atomic E-state index is 0.214. The molecule has 1 aliphatic heterocycles. The van der Waals surface area contributed by atoms with Crippen molar-refractivity contribution in [1.82, 2.24) is 20.5 Å². The number of ether oxygens (including phenoxy) is 2. The number of methoxy groups -OCH3 is 1. The summed E-state index contributed by atoms with van der Waals surface area (Å²) in [6.07, 6.45) is 1.53. The zero-order chi connectivity index (χ0) is 24.2. The van der Waals surface area contributed by atoms with Crippen molar-refractivity contribution < 1.29 is 9.47 Å². The van der Waals surface area contributed by atoms with Crippen LogP contribution in [0.3, 0.4) is 0 Å². The van der Waals surface area contributed by atoms with Crippen LogP contribution in [0.1, 0.15) is 5.56 Å². The average Bonchev–Trinajstić information content (AvgIpc) is 2.89. The number of benzene rings is 2. The van der Waals surface area contributed by atoms with E-state index in [1.54, 1.807) is 37.4 Å². The number of para-hydroxylation sites is 1. The highest BCUT2D eigenvalue weighted by molar-refractivity contribution is 5.93. The van der Waals surface area contributed by atoms with Crippen LogP contribution in [-0.2, 0) is 0 Å². The third-order valence-corrected chi connectivity index (χ3v) is 5.77. The normalized spacial score (nSPS) is 13.3. The summed E-state index contributed by atoms with van der Waals surface area (Å²) in [5, 5.41) is 23.2. The second-order valence-electron chi connectivity index (χ2n) is 7.93. The summed E-state index contributed by atoms with van der Waals surface area (Å²) in [6, 6.07) is 16.5. The Morgan fingerprint density at radius 1 is 1.11 bits per heavy atom. The lowest BCUT2D eigenvalue weighted by Gasteiger charge is -2.30. The van der Waals surface area contributed by atoms with E-state index in [9.17, 15) is 10.1 Å². The van der Waals surface area contributed by atoms with Crippen LogP contribution < -0.4 is 30.6 Å². The summed E-state index contributed by atoms with van der Waals surface area (Å²) in [6.45, 7) is 3.68. The van der Waals surface area contributed by atoms with Crippen molar-refractivity contribution in [1.29, 1.82) is 5.26 Å². The van der Waals surface area contributed by atoms with Crippen LogP contribution in [0.15, 0.2) is 59.5 Å². The summed E-state index contributed by atoms with van der Waals surface area (Å²) in [5.41, 5.74) is 1.68. The van der Waals surface area contributed by atoms with Gasteiger partial charge in [-0.15, -0.1) is 0 Å². The summed E-state index contributed by atoms with van der Waals surface area (Å²) in [4.78, 5) is 19.5. The lowest BCUT2D eigenvalue weighted by atomic mass is 10.2. The van der Waals surface area contributed by atoms with E-state index in [1.165, 1.54) is 6.20 Å². The molecule has 0 amide bonds. The van der Waals surface area contributed by atoms with Crippen molar-refractivity contribution in [2.75, 3.05) is 43.5 Å². The van der Waals surface area contributed by atoms with Gasteiger partial charge in [-0.05, 0) is 24.3 Å². The van der Waals surface area contributed by atoms with E-state index in [1.807, 2.05) is 18.2 Å². The van der Waals surface area contributed by atoms with Crippen LogP contribution in [0.2, 0.25) is 0 Å². The molecular weight excluding hydrogens is 446 g/mol. The van der Waals surface area contributed by atoms with E-state index < -0.39 is 5.56 Å². The number of anilines is 3. The molecular formula is C25H23N7O3. The summed E-state index contributed by atoms with van der Waals surface area (Å²) >= 11 is 0. The number of nitriles is 1. The molecule has 2 aromatic heterocycles. The highest BCUT2D eigenvalue weighted by Crippen LogP contribution is 2.35. The Morgan fingerprint density at radius 2 is 1.94 bits per heavy atom. The Kier molecular flexibility index (Phi) is 6.15. The zero-order valence-electron chi connectivity index (χ0n) is 19.0. The van der Waals surface area contributed by atoms with E-state index in [-0.39, 0.29) is 11.7 Å². The predicted molar refractivity (Wildman–Crippen MR) is 133 cm³/mol. The molecule has 0 saturated carbocycles. The van der Waals surface area contributed by atoms with Crippen LogP contribution in [0.5, 0.6) is 17.4 Å². The monoisotopic (exact) mass is 469 g/mol. The molecule has 1 saturated heterocycles. The van der Waals surface area contributed by atoms with Gasteiger partial charge in [0.1, 0.15) is 23.4 Å². The maximum Gasteiger partial charge on any atom is 0.275 e. The molecule has 0 aliphatic carbocycles. The van der Waals surface area contributed by atoms with Crippen LogP contribution in [0.25, 0.3) is 10.8 Å². The van der Waals surface area contributed by atoms with Gasteiger partial charge in [-0.1, -0.05) is 12.1 Å². The lowest BCUT2D eigenvalue weighted by Crippen LogP contribution is -2.43. The Bertz CT molecular complexity index is 1470. The van der Waals surface area contributed by atoms with Gasteiger partial charge in [-0.2, -0.15) is 15.3 Å². The fourth-order valence-electron chi connectivity index (χ4n) is 4.03. The molecule has 3 heterocycles.